The highest BCUT2D eigenvalue weighted by Gasteiger charge is 2.00. The Balaban J connectivity index is 0. The number of hydrogen-bond donors (Lipinski definition) is 1. The Labute approximate surface area is 74.5 Å². The maximum atomic E-state index is 12.7. The Morgan fingerprint density at radius 2 is 2.09 bits per heavy atom. The van der Waals surface area contributed by atoms with Crippen molar-refractivity contribution < 1.29 is 4.39 Å². The summed E-state index contributed by atoms with van der Waals surface area (Å²) in [5.74, 6) is 0. The molecule has 0 aromatic heterocycles. The monoisotopic (exact) mass is 181 g/mol. The molecule has 0 aliphatic heterocycles. The van der Waals surface area contributed by atoms with E-state index in [0.717, 1.165) is 0 Å². The predicted molar refractivity (Wildman–Crippen MR) is 50.1 cm³/mol. The molecule has 0 heterocycles. The lowest BCUT2D eigenvalue weighted by atomic mass is 10.2. The largest absolute Gasteiger partial charge is 0.317 e. The molecule has 0 saturated heterocycles. The van der Waals surface area contributed by atoms with Crippen molar-refractivity contribution >= 4 is 12.4 Å². The van der Waals surface area contributed by atoms with Crippen LogP contribution in [0.2, 0.25) is 0 Å². The normalized spacial score (nSPS) is 11.6. The highest BCUT2D eigenvalue weighted by Crippen LogP contribution is 2.00. The van der Waals surface area contributed by atoms with Crippen molar-refractivity contribution in [2.24, 2.45) is 0 Å². The van der Waals surface area contributed by atoms with E-state index in [4.69, 9.17) is 0 Å². The Kier molecular flexibility index (Phi) is 9.85. The highest BCUT2D eigenvalue weighted by atomic mass is 35.5. The Hall–Kier alpha value is -0.0800. The topological polar surface area (TPSA) is 12.0 Å². The van der Waals surface area contributed by atoms with Gasteiger partial charge in [-0.2, -0.15) is 0 Å². The van der Waals surface area contributed by atoms with Crippen molar-refractivity contribution in [2.45, 2.75) is 26.4 Å². The third-order valence-corrected chi connectivity index (χ3v) is 1.21. The van der Waals surface area contributed by atoms with E-state index < -0.39 is 6.17 Å². The first-order valence-electron chi connectivity index (χ1n) is 3.59. The number of hydrogen-bond acceptors (Lipinski definition) is 1. The van der Waals surface area contributed by atoms with Gasteiger partial charge in [-0.3, -0.25) is 0 Å². The van der Waals surface area contributed by atoms with E-state index in [-0.39, 0.29) is 12.4 Å². The third-order valence-electron chi connectivity index (χ3n) is 1.21. The van der Waals surface area contributed by atoms with Gasteiger partial charge in [-0.05, 0) is 27.3 Å². The minimum absolute atomic E-state index is 0. The van der Waals surface area contributed by atoms with Gasteiger partial charge in [0.25, 0.3) is 0 Å². The molecule has 0 aliphatic carbocycles. The summed E-state index contributed by atoms with van der Waals surface area (Å²) in [6, 6.07) is 0. The van der Waals surface area contributed by atoms with E-state index in [1.807, 2.05) is 19.9 Å². The van der Waals surface area contributed by atoms with E-state index in [1.54, 1.807) is 7.05 Å². The molecule has 0 aromatic carbocycles. The molecule has 0 rings (SSSR count). The van der Waals surface area contributed by atoms with E-state index in [0.29, 0.717) is 13.0 Å². The first-order valence-corrected chi connectivity index (χ1v) is 3.59. The molecule has 3 heteroatoms. The first kappa shape index (κ1) is 13.5. The van der Waals surface area contributed by atoms with E-state index in [2.05, 4.69) is 5.32 Å². The number of allylic oxidation sites excluding steroid dienone is 2. The zero-order valence-electron chi connectivity index (χ0n) is 7.36. The maximum Gasteiger partial charge on any atom is 0.116 e. The lowest BCUT2D eigenvalue weighted by Gasteiger charge is -2.02. The van der Waals surface area contributed by atoms with Crippen LogP contribution < -0.4 is 5.32 Å². The molecule has 68 valence electrons. The zero-order chi connectivity index (χ0) is 7.98. The molecule has 1 nitrogen and oxygen atoms in total. The number of halogens is 2. The molecule has 1 unspecified atom stereocenters. The van der Waals surface area contributed by atoms with Gasteiger partial charge in [0.05, 0.1) is 0 Å². The molecule has 0 aliphatic rings. The Morgan fingerprint density at radius 3 is 2.45 bits per heavy atom. The van der Waals surface area contributed by atoms with Crippen LogP contribution >= 0.6 is 12.4 Å². The van der Waals surface area contributed by atoms with Gasteiger partial charge in [0.1, 0.15) is 6.17 Å². The molecule has 1 N–H and O–H groups in total. The lowest BCUT2D eigenvalue weighted by molar-refractivity contribution is 0.328. The average molecular weight is 182 g/mol. The van der Waals surface area contributed by atoms with Crippen LogP contribution in [0.3, 0.4) is 0 Å². The Morgan fingerprint density at radius 1 is 1.55 bits per heavy atom. The zero-order valence-corrected chi connectivity index (χ0v) is 8.17. The molecule has 0 spiro atoms. The maximum absolute atomic E-state index is 12.7. The van der Waals surface area contributed by atoms with Gasteiger partial charge < -0.3 is 5.32 Å². The van der Waals surface area contributed by atoms with Gasteiger partial charge in [-0.15, -0.1) is 12.4 Å². The molecule has 0 saturated carbocycles. The molecular formula is C8H17ClFN. The summed E-state index contributed by atoms with van der Waals surface area (Å²) in [6.45, 7) is 4.40. The van der Waals surface area contributed by atoms with Crippen molar-refractivity contribution in [3.05, 3.63) is 11.6 Å². The summed E-state index contributed by atoms with van der Waals surface area (Å²) in [4.78, 5) is 0. The van der Waals surface area contributed by atoms with Crippen LogP contribution in [0.4, 0.5) is 4.39 Å². The second-order valence-corrected chi connectivity index (χ2v) is 2.67. The minimum Gasteiger partial charge on any atom is -0.317 e. The van der Waals surface area contributed by atoms with Gasteiger partial charge in [0, 0.05) is 6.54 Å². The van der Waals surface area contributed by atoms with Crippen LogP contribution in [0.1, 0.15) is 20.3 Å². The molecule has 0 aromatic rings. The quantitative estimate of drug-likeness (QED) is 0.657. The smallest absolute Gasteiger partial charge is 0.116 e. The fourth-order valence-corrected chi connectivity index (χ4v) is 0.668. The first-order chi connectivity index (χ1) is 4.66. The average Bonchev–Trinajstić information content (AvgIpc) is 1.85. The van der Waals surface area contributed by atoms with Gasteiger partial charge in [0.2, 0.25) is 0 Å². The highest BCUT2D eigenvalue weighted by molar-refractivity contribution is 5.85. The van der Waals surface area contributed by atoms with Gasteiger partial charge >= 0.3 is 0 Å². The number of nitrogens with one attached hydrogen (secondary N) is 1. The summed E-state index contributed by atoms with van der Waals surface area (Å²) in [7, 11) is 1.76. The summed E-state index contributed by atoms with van der Waals surface area (Å²) in [5.41, 5.74) is 1.18. The molecule has 0 fully saturated rings. The summed E-state index contributed by atoms with van der Waals surface area (Å²) in [6.07, 6.45) is 1.71. The van der Waals surface area contributed by atoms with Crippen molar-refractivity contribution in [3.8, 4) is 0 Å². The van der Waals surface area contributed by atoms with Crippen molar-refractivity contribution in [2.75, 3.05) is 13.6 Å². The predicted octanol–water partition coefficient (Wildman–Crippen LogP) is 2.32. The van der Waals surface area contributed by atoms with Gasteiger partial charge in [0.15, 0.2) is 0 Å². The summed E-state index contributed by atoms with van der Waals surface area (Å²) < 4.78 is 12.7. The van der Waals surface area contributed by atoms with Crippen molar-refractivity contribution in [1.82, 2.24) is 5.32 Å². The minimum atomic E-state index is -0.736. The summed E-state index contributed by atoms with van der Waals surface area (Å²) in [5, 5.41) is 2.79. The molecular weight excluding hydrogens is 165 g/mol. The number of alkyl halides is 1. The molecule has 11 heavy (non-hydrogen) atoms. The fraction of sp³-hybridized carbons (Fsp3) is 0.750. The third kappa shape index (κ3) is 9.92. The molecule has 1 atom stereocenters. The van der Waals surface area contributed by atoms with Gasteiger partial charge in [-0.25, -0.2) is 4.39 Å². The molecule has 0 amide bonds. The van der Waals surface area contributed by atoms with Crippen LogP contribution in [0.15, 0.2) is 11.6 Å². The van der Waals surface area contributed by atoms with E-state index in [1.165, 1.54) is 5.57 Å². The van der Waals surface area contributed by atoms with E-state index >= 15 is 0 Å². The molecule has 0 bridgehead atoms. The van der Waals surface area contributed by atoms with Crippen molar-refractivity contribution in [3.63, 3.8) is 0 Å². The number of rotatable bonds is 4. The van der Waals surface area contributed by atoms with Crippen LogP contribution in [0.5, 0.6) is 0 Å². The van der Waals surface area contributed by atoms with Crippen LogP contribution in [0, 0.1) is 0 Å². The van der Waals surface area contributed by atoms with Crippen LogP contribution in [0.25, 0.3) is 0 Å². The lowest BCUT2D eigenvalue weighted by Crippen LogP contribution is -2.18. The molecule has 0 radical (unpaired) electrons. The second-order valence-electron chi connectivity index (χ2n) is 2.67. The Bertz CT molecular complexity index is 111. The summed E-state index contributed by atoms with van der Waals surface area (Å²) >= 11 is 0. The van der Waals surface area contributed by atoms with Crippen molar-refractivity contribution in [1.29, 1.82) is 0 Å². The van der Waals surface area contributed by atoms with E-state index in [9.17, 15) is 4.39 Å². The fourth-order valence-electron chi connectivity index (χ4n) is 0.668. The van der Waals surface area contributed by atoms with Gasteiger partial charge in [-0.1, -0.05) is 11.6 Å². The second kappa shape index (κ2) is 8.02. The SMILES string of the molecule is CNCC(F)CC=C(C)C.Cl. The van der Waals surface area contributed by atoms with Crippen LogP contribution in [-0.2, 0) is 0 Å². The van der Waals surface area contributed by atoms with Crippen LogP contribution in [-0.4, -0.2) is 19.8 Å². The standard InChI is InChI=1S/C8H16FN.ClH/c1-7(2)4-5-8(9)6-10-3;/h4,8,10H,5-6H2,1-3H3;1H.